The van der Waals surface area contributed by atoms with Gasteiger partial charge >= 0.3 is 12.1 Å². The van der Waals surface area contributed by atoms with Gasteiger partial charge in [-0.3, -0.25) is 4.90 Å². The molecular formula is C17H14ClF3N4O3. The van der Waals surface area contributed by atoms with E-state index in [4.69, 9.17) is 21.1 Å². The fourth-order valence-electron chi connectivity index (χ4n) is 3.15. The van der Waals surface area contributed by atoms with Gasteiger partial charge in [-0.2, -0.15) is 13.2 Å². The number of halogens is 4. The fourth-order valence-corrected chi connectivity index (χ4v) is 3.32. The molecule has 1 fully saturated rings. The van der Waals surface area contributed by atoms with Gasteiger partial charge in [0.1, 0.15) is 0 Å². The maximum absolute atomic E-state index is 12.9. The molecule has 28 heavy (non-hydrogen) atoms. The zero-order valence-corrected chi connectivity index (χ0v) is 15.1. The molecule has 148 valence electrons. The highest BCUT2D eigenvalue weighted by Gasteiger charge is 2.37. The van der Waals surface area contributed by atoms with Gasteiger partial charge in [-0.05, 0) is 18.2 Å². The van der Waals surface area contributed by atoms with E-state index in [0.717, 1.165) is 10.9 Å². The Kier molecular flexibility index (Phi) is 4.86. The molecule has 3 heterocycles. The van der Waals surface area contributed by atoms with Gasteiger partial charge in [0.15, 0.2) is 11.9 Å². The van der Waals surface area contributed by atoms with Gasteiger partial charge in [-0.1, -0.05) is 16.8 Å². The van der Waals surface area contributed by atoms with Gasteiger partial charge in [0, 0.05) is 35.3 Å². The SMILES string of the molecule is O=C1C=C(c2cc(Cl)ccc2-n2cc(C(F)(F)F)nn2)C(N2CCOCC2)O1. The highest BCUT2D eigenvalue weighted by atomic mass is 35.5. The van der Waals surface area contributed by atoms with Gasteiger partial charge in [0.2, 0.25) is 0 Å². The Morgan fingerprint density at radius 2 is 1.96 bits per heavy atom. The lowest BCUT2D eigenvalue weighted by molar-refractivity contribution is -0.147. The fraction of sp³-hybridized carbons (Fsp3) is 0.353. The number of esters is 1. The van der Waals surface area contributed by atoms with Crippen molar-refractivity contribution in [1.82, 2.24) is 19.9 Å². The van der Waals surface area contributed by atoms with E-state index < -0.39 is 24.1 Å². The topological polar surface area (TPSA) is 69.5 Å². The van der Waals surface area contributed by atoms with Gasteiger partial charge < -0.3 is 9.47 Å². The number of carbonyl (C=O) groups excluding carboxylic acids is 1. The Hall–Kier alpha value is -2.43. The molecule has 1 aromatic carbocycles. The summed E-state index contributed by atoms with van der Waals surface area (Å²) in [5.41, 5.74) is 0.114. The van der Waals surface area contributed by atoms with Crippen LogP contribution in [0.5, 0.6) is 0 Å². The Morgan fingerprint density at radius 3 is 2.64 bits per heavy atom. The van der Waals surface area contributed by atoms with E-state index in [9.17, 15) is 18.0 Å². The number of hydrogen-bond donors (Lipinski definition) is 0. The van der Waals surface area contributed by atoms with Crippen LogP contribution in [0.3, 0.4) is 0 Å². The minimum atomic E-state index is -4.62. The molecule has 0 aliphatic carbocycles. The molecule has 7 nitrogen and oxygen atoms in total. The highest BCUT2D eigenvalue weighted by Crippen LogP contribution is 2.35. The normalized spacial score (nSPS) is 20.9. The summed E-state index contributed by atoms with van der Waals surface area (Å²) in [5, 5.41) is 7.13. The van der Waals surface area contributed by atoms with Crippen molar-refractivity contribution in [3.8, 4) is 5.69 Å². The number of nitrogens with zero attached hydrogens (tertiary/aromatic N) is 4. The smallest absolute Gasteiger partial charge is 0.436 e. The average molecular weight is 415 g/mol. The molecule has 2 aliphatic heterocycles. The van der Waals surface area contributed by atoms with E-state index in [1.807, 2.05) is 4.90 Å². The first-order valence-corrected chi connectivity index (χ1v) is 8.74. The molecule has 0 radical (unpaired) electrons. The molecule has 2 aliphatic rings. The number of aromatic nitrogens is 3. The largest absolute Gasteiger partial charge is 0.439 e. The second-order valence-electron chi connectivity index (χ2n) is 6.24. The van der Waals surface area contributed by atoms with Crippen molar-refractivity contribution in [3.63, 3.8) is 0 Å². The second kappa shape index (κ2) is 7.19. The first kappa shape index (κ1) is 18.9. The van der Waals surface area contributed by atoms with Crippen molar-refractivity contribution >= 4 is 23.1 Å². The van der Waals surface area contributed by atoms with Crippen molar-refractivity contribution in [2.75, 3.05) is 26.3 Å². The number of cyclic esters (lactones) is 1. The van der Waals surface area contributed by atoms with Gasteiger partial charge in [-0.25, -0.2) is 9.48 Å². The van der Waals surface area contributed by atoms with Crippen molar-refractivity contribution in [2.24, 2.45) is 0 Å². The van der Waals surface area contributed by atoms with Crippen LogP contribution in [0.1, 0.15) is 11.3 Å². The maximum atomic E-state index is 12.9. The molecule has 0 spiro atoms. The molecule has 1 aromatic heterocycles. The average Bonchev–Trinajstić information content (AvgIpc) is 3.29. The first-order valence-electron chi connectivity index (χ1n) is 8.37. The molecule has 0 saturated carbocycles. The Balaban J connectivity index is 1.76. The quantitative estimate of drug-likeness (QED) is 0.719. The van der Waals surface area contributed by atoms with E-state index in [1.165, 1.54) is 18.2 Å². The number of benzene rings is 1. The summed E-state index contributed by atoms with van der Waals surface area (Å²) < 4.78 is 50.5. The number of alkyl halides is 3. The van der Waals surface area contributed by atoms with Crippen LogP contribution in [0.15, 0.2) is 30.5 Å². The third-order valence-electron chi connectivity index (χ3n) is 4.44. The highest BCUT2D eigenvalue weighted by molar-refractivity contribution is 6.30. The van der Waals surface area contributed by atoms with Crippen molar-refractivity contribution in [1.29, 1.82) is 0 Å². The van der Waals surface area contributed by atoms with Crippen molar-refractivity contribution in [2.45, 2.75) is 12.4 Å². The molecule has 1 atom stereocenters. The van der Waals surface area contributed by atoms with E-state index in [0.29, 0.717) is 48.1 Å². The van der Waals surface area contributed by atoms with Gasteiger partial charge in [0.25, 0.3) is 0 Å². The van der Waals surface area contributed by atoms with Crippen LogP contribution in [0, 0.1) is 0 Å². The molecular weight excluding hydrogens is 401 g/mol. The van der Waals surface area contributed by atoms with Crippen LogP contribution >= 0.6 is 11.6 Å². The van der Waals surface area contributed by atoms with E-state index in [2.05, 4.69) is 10.3 Å². The van der Waals surface area contributed by atoms with Crippen LogP contribution in [-0.2, 0) is 20.4 Å². The Labute approximate surface area is 162 Å². The summed E-state index contributed by atoms with van der Waals surface area (Å²) in [6.45, 7) is 2.07. The second-order valence-corrected chi connectivity index (χ2v) is 6.68. The molecule has 2 aromatic rings. The Bertz CT molecular complexity index is 938. The number of carbonyl (C=O) groups is 1. The van der Waals surface area contributed by atoms with Crippen LogP contribution < -0.4 is 0 Å². The molecule has 1 saturated heterocycles. The zero-order valence-electron chi connectivity index (χ0n) is 14.3. The lowest BCUT2D eigenvalue weighted by Gasteiger charge is -2.32. The standard InChI is InChI=1S/C17H14ClF3N4O3/c18-10-1-2-13(25-9-14(22-23-25)17(19,20)21)11(7-10)12-8-15(26)28-16(12)24-3-5-27-6-4-24/h1-2,7-9,16H,3-6H2. The van der Waals surface area contributed by atoms with Crippen LogP contribution in [0.4, 0.5) is 13.2 Å². The summed E-state index contributed by atoms with van der Waals surface area (Å²) in [6, 6.07) is 4.61. The minimum absolute atomic E-state index is 0.301. The van der Waals surface area contributed by atoms with Crippen molar-refractivity contribution in [3.05, 3.63) is 46.8 Å². The van der Waals surface area contributed by atoms with Crippen LogP contribution in [0.2, 0.25) is 5.02 Å². The molecule has 0 amide bonds. The van der Waals surface area contributed by atoms with Gasteiger partial charge in [-0.15, -0.1) is 5.10 Å². The number of rotatable bonds is 3. The summed E-state index contributed by atoms with van der Waals surface area (Å²) >= 11 is 6.12. The monoisotopic (exact) mass is 414 g/mol. The Morgan fingerprint density at radius 1 is 1.21 bits per heavy atom. The van der Waals surface area contributed by atoms with E-state index in [1.54, 1.807) is 6.07 Å². The van der Waals surface area contributed by atoms with E-state index >= 15 is 0 Å². The summed E-state index contributed by atoms with van der Waals surface area (Å²) in [6.07, 6.45) is -3.20. The lowest BCUT2D eigenvalue weighted by Crippen LogP contribution is -2.44. The van der Waals surface area contributed by atoms with Crippen molar-refractivity contribution < 1.29 is 27.4 Å². The summed E-state index contributed by atoms with van der Waals surface area (Å²) in [7, 11) is 0. The number of morpholine rings is 1. The zero-order chi connectivity index (χ0) is 19.9. The van der Waals surface area contributed by atoms with E-state index in [-0.39, 0.29) is 0 Å². The predicted octanol–water partition coefficient (Wildman–Crippen LogP) is 2.54. The van der Waals surface area contributed by atoms with Gasteiger partial charge in [0.05, 0.1) is 25.1 Å². The number of ether oxygens (including phenoxy) is 2. The first-order chi connectivity index (χ1) is 13.3. The van der Waals surface area contributed by atoms with Crippen LogP contribution in [-0.4, -0.2) is 58.4 Å². The third-order valence-corrected chi connectivity index (χ3v) is 4.68. The molecule has 4 rings (SSSR count). The third kappa shape index (κ3) is 3.62. The minimum Gasteiger partial charge on any atom is -0.439 e. The lowest BCUT2D eigenvalue weighted by atomic mass is 10.0. The molecule has 11 heteroatoms. The number of hydrogen-bond acceptors (Lipinski definition) is 6. The molecule has 0 N–H and O–H groups in total. The van der Waals surface area contributed by atoms with Crippen LogP contribution in [0.25, 0.3) is 11.3 Å². The molecule has 1 unspecified atom stereocenters. The predicted molar refractivity (Wildman–Crippen MR) is 91.6 cm³/mol. The maximum Gasteiger partial charge on any atom is 0.436 e. The summed E-state index contributed by atoms with van der Waals surface area (Å²) in [4.78, 5) is 13.9. The molecule has 0 bridgehead atoms. The summed E-state index contributed by atoms with van der Waals surface area (Å²) in [5.74, 6) is -0.535.